The average Bonchev–Trinajstić information content (AvgIpc) is 2.66. The average molecular weight is 154 g/mol. The van der Waals surface area contributed by atoms with Crippen molar-refractivity contribution < 1.29 is 0 Å². The maximum Gasteiger partial charge on any atom is 0.0968 e. The van der Waals surface area contributed by atoms with E-state index >= 15 is 0 Å². The number of hydrogen-bond acceptors (Lipinski definition) is 1. The standard InChI is InChI=1S/C9H18N2/c1-7(2)5-6-11-9(10)8-3-4-8/h7-8H,3-6H2,1-2H3,(H2,10,11). The summed E-state index contributed by atoms with van der Waals surface area (Å²) in [5.74, 6) is 2.28. The van der Waals surface area contributed by atoms with Gasteiger partial charge in [0.2, 0.25) is 0 Å². The Morgan fingerprint density at radius 3 is 2.64 bits per heavy atom. The monoisotopic (exact) mass is 154 g/mol. The van der Waals surface area contributed by atoms with Crippen LogP contribution in [0.1, 0.15) is 33.1 Å². The first kappa shape index (κ1) is 8.57. The van der Waals surface area contributed by atoms with Crippen molar-refractivity contribution >= 4 is 5.84 Å². The Bertz CT molecular complexity index is 146. The molecule has 2 N–H and O–H groups in total. The molecule has 0 heterocycles. The van der Waals surface area contributed by atoms with Crippen LogP contribution in [0.2, 0.25) is 0 Å². The summed E-state index contributed by atoms with van der Waals surface area (Å²) in [5.41, 5.74) is 5.72. The Morgan fingerprint density at radius 2 is 2.18 bits per heavy atom. The predicted octanol–water partition coefficient (Wildman–Crippen LogP) is 1.80. The van der Waals surface area contributed by atoms with Crippen LogP contribution >= 0.6 is 0 Å². The maximum atomic E-state index is 5.72. The van der Waals surface area contributed by atoms with Crippen LogP contribution in [0.25, 0.3) is 0 Å². The van der Waals surface area contributed by atoms with Crippen molar-refractivity contribution in [1.82, 2.24) is 0 Å². The van der Waals surface area contributed by atoms with Crippen LogP contribution in [0, 0.1) is 11.8 Å². The second-order valence-corrected chi connectivity index (χ2v) is 3.76. The maximum absolute atomic E-state index is 5.72. The molecule has 0 unspecified atom stereocenters. The minimum absolute atomic E-state index is 0.641. The Balaban J connectivity index is 2.12. The fourth-order valence-electron chi connectivity index (χ4n) is 0.960. The third kappa shape index (κ3) is 3.40. The van der Waals surface area contributed by atoms with Crippen molar-refractivity contribution in [1.29, 1.82) is 0 Å². The van der Waals surface area contributed by atoms with Gasteiger partial charge in [0, 0.05) is 12.5 Å². The quantitative estimate of drug-likeness (QED) is 0.486. The molecule has 0 saturated heterocycles. The Morgan fingerprint density at radius 1 is 1.55 bits per heavy atom. The lowest BCUT2D eigenvalue weighted by Gasteiger charge is -2.01. The zero-order chi connectivity index (χ0) is 8.27. The minimum Gasteiger partial charge on any atom is -0.387 e. The topological polar surface area (TPSA) is 38.4 Å². The van der Waals surface area contributed by atoms with Crippen LogP contribution in [-0.2, 0) is 0 Å². The van der Waals surface area contributed by atoms with Gasteiger partial charge in [0.25, 0.3) is 0 Å². The third-order valence-electron chi connectivity index (χ3n) is 2.00. The number of hydrogen-bond donors (Lipinski definition) is 1. The van der Waals surface area contributed by atoms with E-state index in [-0.39, 0.29) is 0 Å². The third-order valence-corrected chi connectivity index (χ3v) is 2.00. The van der Waals surface area contributed by atoms with Gasteiger partial charge in [-0.3, -0.25) is 4.99 Å². The number of nitrogens with two attached hydrogens (primary N) is 1. The van der Waals surface area contributed by atoms with Crippen molar-refractivity contribution in [2.24, 2.45) is 22.6 Å². The first-order valence-corrected chi connectivity index (χ1v) is 4.50. The first-order chi connectivity index (χ1) is 5.20. The van der Waals surface area contributed by atoms with Gasteiger partial charge in [0.15, 0.2) is 0 Å². The molecule has 0 aliphatic heterocycles. The lowest BCUT2D eigenvalue weighted by atomic mass is 10.1. The normalized spacial score (nSPS) is 19.4. The van der Waals surface area contributed by atoms with E-state index in [0.717, 1.165) is 24.7 Å². The molecule has 0 aromatic rings. The highest BCUT2D eigenvalue weighted by Crippen LogP contribution is 2.28. The summed E-state index contributed by atoms with van der Waals surface area (Å²) in [5, 5.41) is 0. The summed E-state index contributed by atoms with van der Waals surface area (Å²) in [6.07, 6.45) is 3.68. The van der Waals surface area contributed by atoms with Gasteiger partial charge < -0.3 is 5.73 Å². The molecule has 64 valence electrons. The smallest absolute Gasteiger partial charge is 0.0968 e. The van der Waals surface area contributed by atoms with Gasteiger partial charge in [0.1, 0.15) is 0 Å². The van der Waals surface area contributed by atoms with Crippen molar-refractivity contribution in [3.05, 3.63) is 0 Å². The molecular formula is C9H18N2. The highest BCUT2D eigenvalue weighted by Gasteiger charge is 2.24. The van der Waals surface area contributed by atoms with Crippen molar-refractivity contribution in [2.75, 3.05) is 6.54 Å². The minimum atomic E-state index is 0.641. The second kappa shape index (κ2) is 3.74. The van der Waals surface area contributed by atoms with Gasteiger partial charge >= 0.3 is 0 Å². The SMILES string of the molecule is CC(C)CCN=C(N)C1CC1. The molecule has 1 rings (SSSR count). The number of rotatable bonds is 4. The molecule has 0 radical (unpaired) electrons. The number of aliphatic imine (C=N–C) groups is 1. The van der Waals surface area contributed by atoms with Gasteiger partial charge in [0.05, 0.1) is 5.84 Å². The van der Waals surface area contributed by atoms with E-state index in [9.17, 15) is 0 Å². The highest BCUT2D eigenvalue weighted by molar-refractivity contribution is 5.84. The number of amidine groups is 1. The van der Waals surface area contributed by atoms with Crippen LogP contribution in [0.15, 0.2) is 4.99 Å². The molecule has 0 aromatic heterocycles. The van der Waals surface area contributed by atoms with E-state index in [1.165, 1.54) is 12.8 Å². The molecule has 1 fully saturated rings. The van der Waals surface area contributed by atoms with E-state index in [2.05, 4.69) is 18.8 Å². The van der Waals surface area contributed by atoms with E-state index < -0.39 is 0 Å². The van der Waals surface area contributed by atoms with E-state index in [0.29, 0.717) is 5.92 Å². The predicted molar refractivity (Wildman–Crippen MR) is 48.7 cm³/mol. The van der Waals surface area contributed by atoms with E-state index in [1.807, 2.05) is 0 Å². The van der Waals surface area contributed by atoms with Crippen LogP contribution in [0.3, 0.4) is 0 Å². The molecule has 1 aliphatic rings. The molecule has 0 amide bonds. The van der Waals surface area contributed by atoms with Gasteiger partial charge in [-0.2, -0.15) is 0 Å². The van der Waals surface area contributed by atoms with Crippen LogP contribution < -0.4 is 5.73 Å². The zero-order valence-electron chi connectivity index (χ0n) is 7.51. The summed E-state index contributed by atoms with van der Waals surface area (Å²) in [4.78, 5) is 4.32. The summed E-state index contributed by atoms with van der Waals surface area (Å²) in [7, 11) is 0. The Kier molecular flexibility index (Phi) is 2.92. The van der Waals surface area contributed by atoms with Crippen molar-refractivity contribution in [3.63, 3.8) is 0 Å². The fraction of sp³-hybridized carbons (Fsp3) is 0.889. The van der Waals surface area contributed by atoms with Crippen LogP contribution in [-0.4, -0.2) is 12.4 Å². The molecule has 11 heavy (non-hydrogen) atoms. The molecule has 2 heteroatoms. The summed E-state index contributed by atoms with van der Waals surface area (Å²) < 4.78 is 0. The molecule has 2 nitrogen and oxygen atoms in total. The van der Waals surface area contributed by atoms with Crippen LogP contribution in [0.5, 0.6) is 0 Å². The first-order valence-electron chi connectivity index (χ1n) is 4.50. The molecule has 1 aliphatic carbocycles. The van der Waals surface area contributed by atoms with E-state index in [4.69, 9.17) is 5.73 Å². The lowest BCUT2D eigenvalue weighted by molar-refractivity contribution is 0.596. The van der Waals surface area contributed by atoms with Crippen molar-refractivity contribution in [3.8, 4) is 0 Å². The van der Waals surface area contributed by atoms with Crippen molar-refractivity contribution in [2.45, 2.75) is 33.1 Å². The molecule has 0 spiro atoms. The van der Waals surface area contributed by atoms with Gasteiger partial charge in [-0.1, -0.05) is 13.8 Å². The van der Waals surface area contributed by atoms with Gasteiger partial charge in [-0.25, -0.2) is 0 Å². The molecule has 0 atom stereocenters. The fourth-order valence-corrected chi connectivity index (χ4v) is 0.960. The van der Waals surface area contributed by atoms with Gasteiger partial charge in [-0.15, -0.1) is 0 Å². The van der Waals surface area contributed by atoms with E-state index in [1.54, 1.807) is 0 Å². The Labute approximate surface area is 68.9 Å². The number of nitrogens with zero attached hydrogens (tertiary/aromatic N) is 1. The molecular weight excluding hydrogens is 136 g/mol. The largest absolute Gasteiger partial charge is 0.387 e. The highest BCUT2D eigenvalue weighted by atomic mass is 14.9. The van der Waals surface area contributed by atoms with Crippen LogP contribution in [0.4, 0.5) is 0 Å². The summed E-state index contributed by atoms with van der Waals surface area (Å²) in [6, 6.07) is 0. The Hall–Kier alpha value is -0.530. The molecule has 1 saturated carbocycles. The molecule has 0 bridgehead atoms. The van der Waals surface area contributed by atoms with Gasteiger partial charge in [-0.05, 0) is 25.2 Å². The lowest BCUT2D eigenvalue weighted by Crippen LogP contribution is -2.14. The molecule has 0 aromatic carbocycles. The summed E-state index contributed by atoms with van der Waals surface area (Å²) >= 11 is 0. The zero-order valence-corrected chi connectivity index (χ0v) is 7.51. The second-order valence-electron chi connectivity index (χ2n) is 3.76. The summed E-state index contributed by atoms with van der Waals surface area (Å²) in [6.45, 7) is 5.34.